The Labute approximate surface area is 202 Å². The molecule has 33 heavy (non-hydrogen) atoms. The van der Waals surface area contributed by atoms with Crippen LogP contribution in [-0.4, -0.2) is 12.3 Å². The van der Waals surface area contributed by atoms with E-state index in [4.69, 9.17) is 4.99 Å². The molecule has 2 aromatic carbocycles. The second kappa shape index (κ2) is 12.2. The summed E-state index contributed by atoms with van der Waals surface area (Å²) in [5, 5.41) is 0. The zero-order valence-corrected chi connectivity index (χ0v) is 21.7. The Bertz CT molecular complexity index is 969. The van der Waals surface area contributed by atoms with Crippen molar-refractivity contribution in [3.8, 4) is 0 Å². The molecule has 1 saturated carbocycles. The number of hydrogen-bond donors (Lipinski definition) is 0. The van der Waals surface area contributed by atoms with Gasteiger partial charge >= 0.3 is 0 Å². The monoisotopic (exact) mass is 441 g/mol. The van der Waals surface area contributed by atoms with Crippen molar-refractivity contribution in [2.24, 2.45) is 16.8 Å². The Hall–Kier alpha value is -2.41. The third-order valence-electron chi connectivity index (χ3n) is 7.48. The number of allylic oxidation sites excluding steroid dienone is 4. The maximum Gasteiger partial charge on any atom is 0.0394 e. The molecule has 1 nitrogen and oxygen atoms in total. The molecule has 0 heterocycles. The van der Waals surface area contributed by atoms with Crippen LogP contribution in [0.15, 0.2) is 76.8 Å². The molecule has 0 N–H and O–H groups in total. The van der Waals surface area contributed by atoms with Gasteiger partial charge in [-0.05, 0) is 92.5 Å². The number of aliphatic imine (C=N–C) groups is 1. The van der Waals surface area contributed by atoms with Crippen molar-refractivity contribution in [1.82, 2.24) is 0 Å². The van der Waals surface area contributed by atoms with E-state index in [1.54, 1.807) is 0 Å². The summed E-state index contributed by atoms with van der Waals surface area (Å²) >= 11 is 0. The van der Waals surface area contributed by atoms with Gasteiger partial charge in [-0.1, -0.05) is 87.4 Å². The van der Waals surface area contributed by atoms with Gasteiger partial charge in [0.2, 0.25) is 0 Å². The van der Waals surface area contributed by atoms with E-state index in [-0.39, 0.29) is 0 Å². The van der Waals surface area contributed by atoms with Crippen LogP contribution in [-0.2, 0) is 6.42 Å². The fourth-order valence-corrected chi connectivity index (χ4v) is 5.55. The molecule has 0 amide bonds. The third-order valence-corrected chi connectivity index (χ3v) is 7.48. The quantitative estimate of drug-likeness (QED) is 0.272. The summed E-state index contributed by atoms with van der Waals surface area (Å²) in [7, 11) is 0. The SMILES string of the molecule is CCN=C(C)C(/C(C)=C\C(C)C1CCCC1)=C(/C)c1ccc(CC(C)c2ccccc2)cc1. The first kappa shape index (κ1) is 25.2. The molecule has 176 valence electrons. The molecule has 2 atom stereocenters. The van der Waals surface area contributed by atoms with Crippen LogP contribution in [0.1, 0.15) is 89.8 Å². The van der Waals surface area contributed by atoms with E-state index < -0.39 is 0 Å². The molecule has 0 spiro atoms. The minimum absolute atomic E-state index is 0.519. The average molecular weight is 442 g/mol. The lowest BCUT2D eigenvalue weighted by molar-refractivity contribution is 0.433. The van der Waals surface area contributed by atoms with E-state index in [1.165, 1.54) is 59.1 Å². The zero-order chi connectivity index (χ0) is 23.8. The van der Waals surface area contributed by atoms with Gasteiger partial charge in [-0.3, -0.25) is 4.99 Å². The van der Waals surface area contributed by atoms with Crippen LogP contribution in [0, 0.1) is 11.8 Å². The van der Waals surface area contributed by atoms with E-state index in [0.717, 1.165) is 24.6 Å². The first-order valence-electron chi connectivity index (χ1n) is 13.0. The molecule has 2 unspecified atom stereocenters. The van der Waals surface area contributed by atoms with Crippen LogP contribution in [0.3, 0.4) is 0 Å². The van der Waals surface area contributed by atoms with Crippen LogP contribution in [0.25, 0.3) is 5.57 Å². The largest absolute Gasteiger partial charge is 0.290 e. The van der Waals surface area contributed by atoms with E-state index in [2.05, 4.69) is 102 Å². The van der Waals surface area contributed by atoms with Gasteiger partial charge in [-0.2, -0.15) is 0 Å². The second-order valence-electron chi connectivity index (χ2n) is 10.0. The predicted molar refractivity (Wildman–Crippen MR) is 146 cm³/mol. The highest BCUT2D eigenvalue weighted by atomic mass is 14.7. The van der Waals surface area contributed by atoms with Crippen molar-refractivity contribution in [2.45, 2.75) is 79.6 Å². The fraction of sp³-hybridized carbons (Fsp3) is 0.469. The van der Waals surface area contributed by atoms with Crippen molar-refractivity contribution < 1.29 is 0 Å². The molecule has 1 aliphatic carbocycles. The minimum atomic E-state index is 0.519. The first-order valence-corrected chi connectivity index (χ1v) is 13.0. The molecule has 1 heteroatoms. The highest BCUT2D eigenvalue weighted by molar-refractivity contribution is 6.08. The molecule has 0 aliphatic heterocycles. The van der Waals surface area contributed by atoms with E-state index in [1.807, 2.05) is 0 Å². The van der Waals surface area contributed by atoms with Gasteiger partial charge in [0.05, 0.1) is 0 Å². The average Bonchev–Trinajstić information content (AvgIpc) is 3.35. The molecule has 2 aromatic rings. The molecular formula is C32H43N. The molecule has 1 fully saturated rings. The summed E-state index contributed by atoms with van der Waals surface area (Å²) in [6.45, 7) is 14.4. The Morgan fingerprint density at radius 2 is 1.58 bits per heavy atom. The number of rotatable bonds is 9. The fourth-order valence-electron chi connectivity index (χ4n) is 5.55. The van der Waals surface area contributed by atoms with Crippen LogP contribution >= 0.6 is 0 Å². The van der Waals surface area contributed by atoms with Gasteiger partial charge in [0.15, 0.2) is 0 Å². The minimum Gasteiger partial charge on any atom is -0.290 e. The summed E-state index contributed by atoms with van der Waals surface area (Å²) in [6.07, 6.45) is 9.14. The van der Waals surface area contributed by atoms with Crippen molar-refractivity contribution >= 4 is 11.3 Å². The molecule has 0 bridgehead atoms. The van der Waals surface area contributed by atoms with Gasteiger partial charge < -0.3 is 0 Å². The summed E-state index contributed by atoms with van der Waals surface area (Å²) < 4.78 is 0. The summed E-state index contributed by atoms with van der Waals surface area (Å²) in [6, 6.07) is 20.0. The predicted octanol–water partition coefficient (Wildman–Crippen LogP) is 9.06. The summed E-state index contributed by atoms with van der Waals surface area (Å²) in [5.74, 6) is 1.99. The van der Waals surface area contributed by atoms with Crippen LogP contribution in [0.5, 0.6) is 0 Å². The topological polar surface area (TPSA) is 12.4 Å². The highest BCUT2D eigenvalue weighted by Gasteiger charge is 2.21. The van der Waals surface area contributed by atoms with Crippen molar-refractivity contribution in [3.63, 3.8) is 0 Å². The van der Waals surface area contributed by atoms with Gasteiger partial charge in [0, 0.05) is 17.8 Å². The molecule has 3 rings (SSSR count). The van der Waals surface area contributed by atoms with Gasteiger partial charge in [0.1, 0.15) is 0 Å². The Morgan fingerprint density at radius 3 is 2.18 bits per heavy atom. The molecule has 1 aliphatic rings. The van der Waals surface area contributed by atoms with E-state index >= 15 is 0 Å². The van der Waals surface area contributed by atoms with E-state index in [0.29, 0.717) is 11.8 Å². The van der Waals surface area contributed by atoms with Crippen molar-refractivity contribution in [3.05, 3.63) is 88.5 Å². The molecular weight excluding hydrogens is 398 g/mol. The molecule has 0 saturated heterocycles. The lowest BCUT2D eigenvalue weighted by Crippen LogP contribution is -2.09. The highest BCUT2D eigenvalue weighted by Crippen LogP contribution is 2.34. The maximum absolute atomic E-state index is 4.81. The Morgan fingerprint density at radius 1 is 0.939 bits per heavy atom. The number of benzene rings is 2. The molecule has 0 radical (unpaired) electrons. The summed E-state index contributed by atoms with van der Waals surface area (Å²) in [5.41, 5.74) is 9.29. The Kier molecular flexibility index (Phi) is 9.30. The second-order valence-corrected chi connectivity index (χ2v) is 10.0. The third kappa shape index (κ3) is 6.79. The smallest absolute Gasteiger partial charge is 0.0394 e. The number of hydrogen-bond acceptors (Lipinski definition) is 1. The van der Waals surface area contributed by atoms with Crippen molar-refractivity contribution in [1.29, 1.82) is 0 Å². The van der Waals surface area contributed by atoms with Crippen LogP contribution < -0.4 is 0 Å². The number of nitrogens with zero attached hydrogens (tertiary/aromatic N) is 1. The van der Waals surface area contributed by atoms with Gasteiger partial charge in [0.25, 0.3) is 0 Å². The lowest BCUT2D eigenvalue weighted by atomic mass is 9.86. The zero-order valence-electron chi connectivity index (χ0n) is 21.7. The van der Waals surface area contributed by atoms with Crippen LogP contribution in [0.2, 0.25) is 0 Å². The Balaban J connectivity index is 1.85. The van der Waals surface area contributed by atoms with Crippen LogP contribution in [0.4, 0.5) is 0 Å². The lowest BCUT2D eigenvalue weighted by Gasteiger charge is -2.19. The van der Waals surface area contributed by atoms with Crippen molar-refractivity contribution in [2.75, 3.05) is 6.54 Å². The standard InChI is InChI=1S/C32H43N/c1-7-33-27(6)32(25(4)21-23(2)29-15-11-12-16-29)26(5)31-19-17-28(18-20-31)22-24(3)30-13-9-8-10-14-30/h8-10,13-14,17-21,23-24,29H,7,11-12,15-16,22H2,1-6H3/b25-21-,32-26-,33-27?. The normalized spacial score (nSPS) is 18.2. The summed E-state index contributed by atoms with van der Waals surface area (Å²) in [4.78, 5) is 4.81. The maximum atomic E-state index is 4.81. The van der Waals surface area contributed by atoms with E-state index in [9.17, 15) is 0 Å². The van der Waals surface area contributed by atoms with Gasteiger partial charge in [-0.15, -0.1) is 0 Å². The van der Waals surface area contributed by atoms with Gasteiger partial charge in [-0.25, -0.2) is 0 Å². The first-order chi connectivity index (χ1) is 15.9. The molecule has 0 aromatic heterocycles.